The Kier molecular flexibility index (Phi) is 5.63. The van der Waals surface area contributed by atoms with Gasteiger partial charge >= 0.3 is 0 Å². The van der Waals surface area contributed by atoms with Crippen LogP contribution in [-0.4, -0.2) is 6.54 Å². The van der Waals surface area contributed by atoms with Crippen LogP contribution in [0, 0.1) is 11.2 Å². The van der Waals surface area contributed by atoms with Crippen LogP contribution in [-0.2, 0) is 0 Å². The predicted octanol–water partition coefficient (Wildman–Crippen LogP) is 5.33. The zero-order valence-corrected chi connectivity index (χ0v) is 13.6. The van der Waals surface area contributed by atoms with E-state index in [1.165, 1.54) is 0 Å². The van der Waals surface area contributed by atoms with E-state index in [4.69, 9.17) is 11.6 Å². The molecule has 0 aliphatic rings. The zero-order valence-electron chi connectivity index (χ0n) is 11.3. The number of hydrogen-bond acceptors (Lipinski definition) is 1. The Morgan fingerprint density at radius 3 is 2.50 bits per heavy atom. The predicted molar refractivity (Wildman–Crippen MR) is 79.6 cm³/mol. The number of halogens is 3. The average molecular weight is 337 g/mol. The molecule has 0 bridgehead atoms. The van der Waals surface area contributed by atoms with Gasteiger partial charge in [0.15, 0.2) is 0 Å². The van der Waals surface area contributed by atoms with Gasteiger partial charge in [0.25, 0.3) is 0 Å². The second-order valence-corrected chi connectivity index (χ2v) is 6.75. The van der Waals surface area contributed by atoms with Gasteiger partial charge in [-0.15, -0.1) is 0 Å². The number of rotatable bonds is 4. The third-order valence-electron chi connectivity index (χ3n) is 2.84. The highest BCUT2D eigenvalue weighted by molar-refractivity contribution is 9.10. The van der Waals surface area contributed by atoms with Crippen molar-refractivity contribution in [3.63, 3.8) is 0 Å². The van der Waals surface area contributed by atoms with Crippen LogP contribution < -0.4 is 5.32 Å². The molecule has 0 aliphatic carbocycles. The molecule has 1 N–H and O–H groups in total. The summed E-state index contributed by atoms with van der Waals surface area (Å²) in [5, 5.41) is 3.55. The second kappa shape index (κ2) is 6.36. The molecular weight excluding hydrogens is 317 g/mol. The maximum absolute atomic E-state index is 14.3. The van der Waals surface area contributed by atoms with E-state index in [9.17, 15) is 4.39 Å². The summed E-state index contributed by atoms with van der Waals surface area (Å²) in [6.45, 7) is 9.23. The SMILES string of the molecule is CCCNC(c1ccc(Br)c(Cl)c1F)C(C)(C)C. The molecule has 18 heavy (non-hydrogen) atoms. The lowest BCUT2D eigenvalue weighted by Gasteiger charge is -2.32. The molecule has 0 aromatic heterocycles. The fraction of sp³-hybridized carbons (Fsp3) is 0.571. The van der Waals surface area contributed by atoms with Crippen molar-refractivity contribution in [1.82, 2.24) is 5.32 Å². The van der Waals surface area contributed by atoms with Gasteiger partial charge in [0.2, 0.25) is 0 Å². The Labute approximate surface area is 122 Å². The van der Waals surface area contributed by atoms with Crippen molar-refractivity contribution in [2.24, 2.45) is 5.41 Å². The first-order valence-corrected chi connectivity index (χ1v) is 7.33. The maximum Gasteiger partial charge on any atom is 0.147 e. The maximum atomic E-state index is 14.3. The van der Waals surface area contributed by atoms with Gasteiger partial charge in [0, 0.05) is 16.1 Å². The first kappa shape index (κ1) is 15.9. The molecule has 0 fully saturated rings. The van der Waals surface area contributed by atoms with Crippen molar-refractivity contribution >= 4 is 27.5 Å². The fourth-order valence-corrected chi connectivity index (χ4v) is 2.41. The fourth-order valence-electron chi connectivity index (χ4n) is 1.94. The molecule has 102 valence electrons. The van der Waals surface area contributed by atoms with Crippen LogP contribution in [0.15, 0.2) is 16.6 Å². The Bertz CT molecular complexity index is 415. The lowest BCUT2D eigenvalue weighted by Crippen LogP contribution is -2.33. The average Bonchev–Trinajstić information content (AvgIpc) is 2.27. The van der Waals surface area contributed by atoms with Gasteiger partial charge in [-0.2, -0.15) is 0 Å². The van der Waals surface area contributed by atoms with E-state index in [-0.39, 0.29) is 22.3 Å². The molecular formula is C14H20BrClFN. The smallest absolute Gasteiger partial charge is 0.147 e. The number of nitrogens with one attached hydrogen (secondary N) is 1. The number of benzene rings is 1. The minimum atomic E-state index is -0.338. The van der Waals surface area contributed by atoms with Gasteiger partial charge in [-0.3, -0.25) is 0 Å². The number of hydrogen-bond donors (Lipinski definition) is 1. The van der Waals surface area contributed by atoms with E-state index in [0.29, 0.717) is 10.0 Å². The van der Waals surface area contributed by atoms with Crippen LogP contribution in [0.3, 0.4) is 0 Å². The van der Waals surface area contributed by atoms with Crippen molar-refractivity contribution in [1.29, 1.82) is 0 Å². The highest BCUT2D eigenvalue weighted by atomic mass is 79.9. The van der Waals surface area contributed by atoms with Gasteiger partial charge in [0.1, 0.15) is 5.82 Å². The van der Waals surface area contributed by atoms with E-state index in [1.54, 1.807) is 12.1 Å². The van der Waals surface area contributed by atoms with Crippen LogP contribution >= 0.6 is 27.5 Å². The molecule has 1 nitrogen and oxygen atoms in total. The topological polar surface area (TPSA) is 12.0 Å². The summed E-state index contributed by atoms with van der Waals surface area (Å²) >= 11 is 9.20. The van der Waals surface area contributed by atoms with Crippen molar-refractivity contribution in [2.75, 3.05) is 6.54 Å². The molecule has 0 amide bonds. The van der Waals surface area contributed by atoms with Crippen LogP contribution in [0.2, 0.25) is 5.02 Å². The van der Waals surface area contributed by atoms with Crippen molar-refractivity contribution in [2.45, 2.75) is 40.2 Å². The van der Waals surface area contributed by atoms with E-state index < -0.39 is 0 Å². The van der Waals surface area contributed by atoms with Gasteiger partial charge in [-0.05, 0) is 40.4 Å². The van der Waals surface area contributed by atoms with E-state index in [1.807, 2.05) is 0 Å². The molecule has 1 atom stereocenters. The van der Waals surface area contributed by atoms with Gasteiger partial charge < -0.3 is 5.32 Å². The van der Waals surface area contributed by atoms with E-state index >= 15 is 0 Å². The van der Waals surface area contributed by atoms with E-state index in [0.717, 1.165) is 13.0 Å². The summed E-state index contributed by atoms with van der Waals surface area (Å²) in [6.07, 6.45) is 1.01. The molecule has 4 heteroatoms. The molecule has 1 aromatic rings. The Hall–Kier alpha value is -0.120. The monoisotopic (exact) mass is 335 g/mol. The molecule has 1 aromatic carbocycles. The molecule has 0 saturated carbocycles. The second-order valence-electron chi connectivity index (χ2n) is 5.52. The van der Waals surface area contributed by atoms with Crippen LogP contribution in [0.4, 0.5) is 4.39 Å². The van der Waals surface area contributed by atoms with Crippen LogP contribution in [0.5, 0.6) is 0 Å². The first-order chi connectivity index (χ1) is 8.29. The Morgan fingerprint density at radius 2 is 2.00 bits per heavy atom. The van der Waals surface area contributed by atoms with Gasteiger partial charge in [0.05, 0.1) is 5.02 Å². The summed E-state index contributed by atoms with van der Waals surface area (Å²) in [4.78, 5) is 0. The third-order valence-corrected chi connectivity index (χ3v) is 4.10. The summed E-state index contributed by atoms with van der Waals surface area (Å²) in [5.74, 6) is -0.338. The largest absolute Gasteiger partial charge is 0.309 e. The van der Waals surface area contributed by atoms with E-state index in [2.05, 4.69) is 48.9 Å². The molecule has 1 rings (SSSR count). The van der Waals surface area contributed by atoms with Crippen molar-refractivity contribution in [3.8, 4) is 0 Å². The highest BCUT2D eigenvalue weighted by Gasteiger charge is 2.29. The van der Waals surface area contributed by atoms with Crippen LogP contribution in [0.1, 0.15) is 45.7 Å². The molecule has 0 saturated heterocycles. The zero-order chi connectivity index (χ0) is 13.9. The minimum absolute atomic E-state index is 0.0527. The summed E-state index contributed by atoms with van der Waals surface area (Å²) in [7, 11) is 0. The summed E-state index contributed by atoms with van der Waals surface area (Å²) in [5.41, 5.74) is 0.553. The minimum Gasteiger partial charge on any atom is -0.309 e. The molecule has 0 heterocycles. The lowest BCUT2D eigenvalue weighted by molar-refractivity contribution is 0.267. The van der Waals surface area contributed by atoms with Crippen LogP contribution in [0.25, 0.3) is 0 Å². The normalized spacial score (nSPS) is 13.7. The van der Waals surface area contributed by atoms with Crippen molar-refractivity contribution in [3.05, 3.63) is 33.0 Å². The quantitative estimate of drug-likeness (QED) is 0.733. The van der Waals surface area contributed by atoms with Gasteiger partial charge in [-0.25, -0.2) is 4.39 Å². The lowest BCUT2D eigenvalue weighted by atomic mass is 9.82. The third kappa shape index (κ3) is 3.69. The summed E-state index contributed by atoms with van der Waals surface area (Å²) in [6, 6.07) is 3.54. The molecule has 0 radical (unpaired) electrons. The molecule has 0 aliphatic heterocycles. The molecule has 1 unspecified atom stereocenters. The van der Waals surface area contributed by atoms with Crippen molar-refractivity contribution < 1.29 is 4.39 Å². The first-order valence-electron chi connectivity index (χ1n) is 6.15. The standard InChI is InChI=1S/C14H20BrClFN/c1-5-8-18-13(14(2,3)4)9-6-7-10(15)11(16)12(9)17/h6-7,13,18H,5,8H2,1-4H3. The highest BCUT2D eigenvalue weighted by Crippen LogP contribution is 2.37. The van der Waals surface area contributed by atoms with Gasteiger partial charge in [-0.1, -0.05) is 45.4 Å². The summed E-state index contributed by atoms with van der Waals surface area (Å²) < 4.78 is 14.9. The molecule has 0 spiro atoms. The Morgan fingerprint density at radius 1 is 1.39 bits per heavy atom. The Balaban J connectivity index is 3.17.